The van der Waals surface area contributed by atoms with Crippen LogP contribution in [-0.4, -0.2) is 27.4 Å². The van der Waals surface area contributed by atoms with E-state index >= 15 is 0 Å². The molecule has 2 aromatic heterocycles. The third kappa shape index (κ3) is 3.04. The second-order valence-corrected chi connectivity index (χ2v) is 5.70. The molecule has 0 fully saturated rings. The first-order chi connectivity index (χ1) is 11.1. The molecule has 0 unspecified atom stereocenters. The second-order valence-electron chi connectivity index (χ2n) is 5.70. The molecule has 3 rings (SSSR count). The number of imidazole rings is 1. The number of amides is 1. The summed E-state index contributed by atoms with van der Waals surface area (Å²) in [5.74, 6) is 0.996. The van der Waals surface area contributed by atoms with Gasteiger partial charge in [0.1, 0.15) is 5.82 Å². The van der Waals surface area contributed by atoms with Gasteiger partial charge in [0.2, 0.25) is 0 Å². The molecule has 0 aliphatic rings. The van der Waals surface area contributed by atoms with E-state index in [1.165, 1.54) is 6.26 Å². The fraction of sp³-hybridized carbons (Fsp3) is 0.222. The Kier molecular flexibility index (Phi) is 4.02. The molecule has 0 saturated carbocycles. The maximum absolute atomic E-state index is 12.3. The van der Waals surface area contributed by atoms with Crippen LogP contribution in [0.1, 0.15) is 23.3 Å². The third-order valence-electron chi connectivity index (χ3n) is 3.62. The Bertz CT molecular complexity index is 846. The van der Waals surface area contributed by atoms with E-state index in [0.29, 0.717) is 18.8 Å². The minimum absolute atomic E-state index is 0.163. The van der Waals surface area contributed by atoms with Gasteiger partial charge in [-0.15, -0.1) is 0 Å². The van der Waals surface area contributed by atoms with Crippen LogP contribution in [0.25, 0.3) is 11.0 Å². The number of furan rings is 1. The fourth-order valence-corrected chi connectivity index (χ4v) is 2.56. The van der Waals surface area contributed by atoms with Crippen LogP contribution in [0.4, 0.5) is 0 Å². The summed E-state index contributed by atoms with van der Waals surface area (Å²) in [6.45, 7) is 7.05. The van der Waals surface area contributed by atoms with Crippen LogP contribution < -0.4 is 0 Å². The molecule has 1 amide bonds. The summed E-state index contributed by atoms with van der Waals surface area (Å²) >= 11 is 0. The quantitative estimate of drug-likeness (QED) is 0.678. The van der Waals surface area contributed by atoms with Crippen LogP contribution in [0.2, 0.25) is 0 Å². The average Bonchev–Trinajstić information content (AvgIpc) is 3.15. The summed E-state index contributed by atoms with van der Waals surface area (Å²) in [6, 6.07) is 11.3. The fourth-order valence-electron chi connectivity index (χ4n) is 2.56. The predicted molar refractivity (Wildman–Crippen MR) is 89.1 cm³/mol. The molecule has 0 aliphatic heterocycles. The van der Waals surface area contributed by atoms with E-state index in [9.17, 15) is 4.79 Å². The van der Waals surface area contributed by atoms with Gasteiger partial charge in [0.15, 0.2) is 5.76 Å². The van der Waals surface area contributed by atoms with Crippen molar-refractivity contribution in [2.45, 2.75) is 20.0 Å². The maximum atomic E-state index is 12.3. The molecule has 1 aromatic carbocycles. The lowest BCUT2D eigenvalue weighted by Crippen LogP contribution is -2.27. The van der Waals surface area contributed by atoms with Gasteiger partial charge in [-0.25, -0.2) is 4.98 Å². The lowest BCUT2D eigenvalue weighted by atomic mass is 10.3. The summed E-state index contributed by atoms with van der Waals surface area (Å²) in [6.07, 6.45) is 1.50. The third-order valence-corrected chi connectivity index (χ3v) is 3.62. The smallest absolute Gasteiger partial charge is 0.289 e. The summed E-state index contributed by atoms with van der Waals surface area (Å²) in [7, 11) is 1.75. The summed E-state index contributed by atoms with van der Waals surface area (Å²) in [5.41, 5.74) is 3.00. The molecular formula is C18H19N3O2. The highest BCUT2D eigenvalue weighted by atomic mass is 16.3. The second kappa shape index (κ2) is 6.12. The number of benzene rings is 1. The van der Waals surface area contributed by atoms with Gasteiger partial charge in [0, 0.05) is 13.6 Å². The molecule has 0 atom stereocenters. The van der Waals surface area contributed by atoms with Gasteiger partial charge >= 0.3 is 0 Å². The number of para-hydroxylation sites is 2. The highest BCUT2D eigenvalue weighted by molar-refractivity contribution is 5.91. The van der Waals surface area contributed by atoms with Crippen molar-refractivity contribution in [3.8, 4) is 0 Å². The Morgan fingerprint density at radius 1 is 1.30 bits per heavy atom. The number of hydrogen-bond donors (Lipinski definition) is 0. The Hall–Kier alpha value is -2.82. The summed E-state index contributed by atoms with van der Waals surface area (Å²) < 4.78 is 7.28. The molecule has 3 aromatic rings. The number of allylic oxidation sites excluding steroid dienone is 1. The van der Waals surface area contributed by atoms with Gasteiger partial charge in [-0.1, -0.05) is 24.3 Å². The molecule has 0 saturated heterocycles. The molecule has 118 valence electrons. The Morgan fingerprint density at radius 2 is 2.09 bits per heavy atom. The summed E-state index contributed by atoms with van der Waals surface area (Å²) in [4.78, 5) is 18.6. The van der Waals surface area contributed by atoms with E-state index in [0.717, 1.165) is 22.4 Å². The van der Waals surface area contributed by atoms with Gasteiger partial charge < -0.3 is 13.9 Å². The molecule has 5 heteroatoms. The first-order valence-electron chi connectivity index (χ1n) is 7.44. The van der Waals surface area contributed by atoms with Crippen molar-refractivity contribution < 1.29 is 9.21 Å². The van der Waals surface area contributed by atoms with Crippen molar-refractivity contribution in [1.82, 2.24) is 14.5 Å². The first-order valence-corrected chi connectivity index (χ1v) is 7.44. The van der Waals surface area contributed by atoms with Crippen molar-refractivity contribution in [1.29, 1.82) is 0 Å². The normalized spacial score (nSPS) is 10.9. The number of carbonyl (C=O) groups is 1. The molecule has 2 heterocycles. The van der Waals surface area contributed by atoms with Crippen molar-refractivity contribution in [2.24, 2.45) is 0 Å². The molecule has 0 radical (unpaired) electrons. The predicted octanol–water partition coefficient (Wildman–Crippen LogP) is 3.48. The van der Waals surface area contributed by atoms with Crippen molar-refractivity contribution >= 4 is 16.9 Å². The van der Waals surface area contributed by atoms with Crippen molar-refractivity contribution in [3.05, 3.63) is 66.4 Å². The van der Waals surface area contributed by atoms with Crippen LogP contribution >= 0.6 is 0 Å². The van der Waals surface area contributed by atoms with E-state index in [-0.39, 0.29) is 5.91 Å². The van der Waals surface area contributed by atoms with Gasteiger partial charge in [-0.2, -0.15) is 0 Å². The zero-order chi connectivity index (χ0) is 16.4. The zero-order valence-corrected chi connectivity index (χ0v) is 13.3. The lowest BCUT2D eigenvalue weighted by Gasteiger charge is -2.17. The van der Waals surface area contributed by atoms with Crippen LogP contribution in [0.5, 0.6) is 0 Å². The number of aromatic nitrogens is 2. The molecule has 0 aliphatic carbocycles. The molecule has 5 nitrogen and oxygen atoms in total. The zero-order valence-electron chi connectivity index (χ0n) is 13.3. The highest BCUT2D eigenvalue weighted by Crippen LogP contribution is 2.19. The number of rotatable bonds is 5. The highest BCUT2D eigenvalue weighted by Gasteiger charge is 2.18. The van der Waals surface area contributed by atoms with E-state index in [2.05, 4.69) is 16.1 Å². The maximum Gasteiger partial charge on any atom is 0.289 e. The van der Waals surface area contributed by atoms with Gasteiger partial charge in [-0.3, -0.25) is 4.79 Å². The van der Waals surface area contributed by atoms with Gasteiger partial charge in [0.25, 0.3) is 5.91 Å². The monoisotopic (exact) mass is 309 g/mol. The molecule has 0 spiro atoms. The number of fused-ring (bicyclic) bond motifs is 1. The molecular weight excluding hydrogens is 290 g/mol. The number of hydrogen-bond acceptors (Lipinski definition) is 3. The van der Waals surface area contributed by atoms with Crippen LogP contribution in [-0.2, 0) is 13.1 Å². The Balaban J connectivity index is 1.92. The van der Waals surface area contributed by atoms with E-state index in [1.807, 2.05) is 31.2 Å². The van der Waals surface area contributed by atoms with Crippen LogP contribution in [0.3, 0.4) is 0 Å². The largest absolute Gasteiger partial charge is 0.459 e. The van der Waals surface area contributed by atoms with Crippen molar-refractivity contribution in [3.63, 3.8) is 0 Å². The number of nitrogens with zero attached hydrogens (tertiary/aromatic N) is 3. The first kappa shape index (κ1) is 15.1. The van der Waals surface area contributed by atoms with E-state index < -0.39 is 0 Å². The lowest BCUT2D eigenvalue weighted by molar-refractivity contribution is 0.0749. The number of carbonyl (C=O) groups excluding carboxylic acids is 1. The van der Waals surface area contributed by atoms with Gasteiger partial charge in [0.05, 0.1) is 23.8 Å². The minimum atomic E-state index is -0.163. The standard InChI is InChI=1S/C18H19N3O2/c1-13(2)11-21-15-8-5-4-7-14(15)19-17(21)12-20(3)18(22)16-9-6-10-23-16/h4-10H,1,11-12H2,2-3H3. The van der Waals surface area contributed by atoms with Gasteiger partial charge in [-0.05, 0) is 31.2 Å². The minimum Gasteiger partial charge on any atom is -0.459 e. The summed E-state index contributed by atoms with van der Waals surface area (Å²) in [5, 5.41) is 0. The SMILES string of the molecule is C=C(C)Cn1c(CN(C)C(=O)c2ccco2)nc2ccccc21. The van der Waals surface area contributed by atoms with Crippen molar-refractivity contribution in [2.75, 3.05) is 7.05 Å². The topological polar surface area (TPSA) is 51.3 Å². The van der Waals surface area contributed by atoms with Crippen LogP contribution in [0, 0.1) is 0 Å². The van der Waals surface area contributed by atoms with E-state index in [4.69, 9.17) is 4.42 Å². The molecule has 23 heavy (non-hydrogen) atoms. The Morgan fingerprint density at radius 3 is 2.78 bits per heavy atom. The molecule has 0 N–H and O–H groups in total. The molecule has 0 bridgehead atoms. The average molecular weight is 309 g/mol. The van der Waals surface area contributed by atoms with Crippen LogP contribution in [0.15, 0.2) is 59.2 Å². The Labute approximate surface area is 134 Å². The van der Waals surface area contributed by atoms with E-state index in [1.54, 1.807) is 24.1 Å².